The molecule has 4 heterocycles. The summed E-state index contributed by atoms with van der Waals surface area (Å²) in [5.74, 6) is 0.579. The maximum absolute atomic E-state index is 13.8. The number of hydrogen-bond donors (Lipinski definition) is 0. The highest BCUT2D eigenvalue weighted by Crippen LogP contribution is 2.44. The molecule has 4 aliphatic rings. The first kappa shape index (κ1) is 22.6. The monoisotopic (exact) mass is 484 g/mol. The van der Waals surface area contributed by atoms with Crippen molar-refractivity contribution in [3.05, 3.63) is 124 Å². The fourth-order valence-electron chi connectivity index (χ4n) is 5.48. The predicted octanol–water partition coefficient (Wildman–Crippen LogP) is 6.25. The number of allylic oxidation sites excluding steroid dienone is 4. The Hall–Kier alpha value is -4.84. The van der Waals surface area contributed by atoms with Crippen LogP contribution < -0.4 is 4.90 Å². The van der Waals surface area contributed by atoms with E-state index in [4.69, 9.17) is 9.98 Å². The molecule has 0 spiro atoms. The van der Waals surface area contributed by atoms with Gasteiger partial charge in [-0.2, -0.15) is 0 Å². The van der Waals surface area contributed by atoms with Gasteiger partial charge in [0.05, 0.1) is 33.9 Å². The van der Waals surface area contributed by atoms with Crippen molar-refractivity contribution >= 4 is 40.9 Å². The van der Waals surface area contributed by atoms with E-state index in [1.165, 1.54) is 0 Å². The Kier molecular flexibility index (Phi) is 4.79. The van der Waals surface area contributed by atoms with Crippen molar-refractivity contribution in [1.82, 2.24) is 4.90 Å². The molecule has 2 amide bonds. The standard InChI is InChI=1S/C31H24N4O2/c1-7-11-24-26(16(4)5)23(9-3)33-29-20-15-21-19(14-22(20)30(36)34(24)29)28-32-17(6)27-18(8-2)12-10-13-25(27)35(28)31(21)37/h7-15H,1-2,6H2,3-5H3/b23-9+,24-11+. The molecule has 180 valence electrons. The van der Waals surface area contributed by atoms with E-state index in [-0.39, 0.29) is 11.8 Å². The fourth-order valence-corrected chi connectivity index (χ4v) is 5.48. The summed E-state index contributed by atoms with van der Waals surface area (Å²) < 4.78 is 0. The second-order valence-electron chi connectivity index (χ2n) is 9.32. The number of carbonyl (C=O) groups is 2. The van der Waals surface area contributed by atoms with Gasteiger partial charge in [-0.05, 0) is 50.6 Å². The number of fused-ring (bicyclic) bond motifs is 8. The van der Waals surface area contributed by atoms with Crippen LogP contribution in [0.15, 0.2) is 101 Å². The molecule has 0 aliphatic carbocycles. The third-order valence-corrected chi connectivity index (χ3v) is 7.02. The Morgan fingerprint density at radius 1 is 0.919 bits per heavy atom. The topological polar surface area (TPSA) is 65.3 Å². The van der Waals surface area contributed by atoms with Crippen LogP contribution in [0.3, 0.4) is 0 Å². The van der Waals surface area contributed by atoms with E-state index in [2.05, 4.69) is 19.7 Å². The van der Waals surface area contributed by atoms with E-state index in [0.717, 1.165) is 33.7 Å². The minimum Gasteiger partial charge on any atom is -0.268 e. The number of amides is 2. The Morgan fingerprint density at radius 3 is 2.16 bits per heavy atom. The molecule has 0 aromatic heterocycles. The molecule has 4 aliphatic heterocycles. The second kappa shape index (κ2) is 7.83. The quantitative estimate of drug-likeness (QED) is 0.506. The maximum atomic E-state index is 13.8. The number of anilines is 1. The van der Waals surface area contributed by atoms with E-state index in [1.807, 2.05) is 51.1 Å². The highest BCUT2D eigenvalue weighted by atomic mass is 16.2. The van der Waals surface area contributed by atoms with Crippen molar-refractivity contribution in [2.75, 3.05) is 4.90 Å². The zero-order valence-electron chi connectivity index (χ0n) is 20.9. The number of hydrogen-bond acceptors (Lipinski definition) is 4. The first-order valence-corrected chi connectivity index (χ1v) is 12.0. The number of aliphatic imine (C=N–C) groups is 2. The molecule has 0 radical (unpaired) electrons. The highest BCUT2D eigenvalue weighted by Gasteiger charge is 2.45. The van der Waals surface area contributed by atoms with Crippen LogP contribution in [0.1, 0.15) is 63.7 Å². The molecule has 6 heteroatoms. The van der Waals surface area contributed by atoms with Crippen molar-refractivity contribution in [2.24, 2.45) is 9.98 Å². The molecule has 2 aromatic rings. The van der Waals surface area contributed by atoms with Gasteiger partial charge in [0.15, 0.2) is 0 Å². The fraction of sp³-hybridized carbons (Fsp3) is 0.0968. The third kappa shape index (κ3) is 2.87. The lowest BCUT2D eigenvalue weighted by atomic mass is 9.98. The molecule has 6 nitrogen and oxygen atoms in total. The number of amidine groups is 2. The number of rotatable bonds is 2. The number of benzene rings is 2. The Bertz CT molecular complexity index is 1690. The molecule has 0 atom stereocenters. The van der Waals surface area contributed by atoms with Crippen molar-refractivity contribution in [1.29, 1.82) is 0 Å². The smallest absolute Gasteiger partial charge is 0.264 e. The second-order valence-corrected chi connectivity index (χ2v) is 9.32. The van der Waals surface area contributed by atoms with Gasteiger partial charge in [-0.15, -0.1) is 0 Å². The minimum atomic E-state index is -0.202. The van der Waals surface area contributed by atoms with Crippen molar-refractivity contribution in [3.8, 4) is 0 Å². The summed E-state index contributed by atoms with van der Waals surface area (Å²) in [5, 5.41) is 0. The first-order chi connectivity index (χ1) is 17.8. The molecule has 0 unspecified atom stereocenters. The van der Waals surface area contributed by atoms with Gasteiger partial charge >= 0.3 is 0 Å². The molecule has 0 N–H and O–H groups in total. The Morgan fingerprint density at radius 2 is 1.57 bits per heavy atom. The van der Waals surface area contributed by atoms with Gasteiger partial charge in [0.1, 0.15) is 11.7 Å². The Labute approximate surface area is 215 Å². The molecule has 6 rings (SSSR count). The van der Waals surface area contributed by atoms with Crippen LogP contribution in [0.2, 0.25) is 0 Å². The Balaban J connectivity index is 1.57. The molecular formula is C31H24N4O2. The third-order valence-electron chi connectivity index (χ3n) is 7.02. The SMILES string of the molecule is C=C/C=C1\C(=C(C)C)/C(=C\C)N=C2c3cc4c(cc3C(=O)N21)C1=NC(=C)c2c(C=C)cccc2N1C4=O. The normalized spacial score (nSPS) is 19.3. The van der Waals surface area contributed by atoms with Crippen LogP contribution in [-0.4, -0.2) is 28.4 Å². The molecular weight excluding hydrogens is 460 g/mol. The lowest BCUT2D eigenvalue weighted by Gasteiger charge is -2.29. The molecule has 37 heavy (non-hydrogen) atoms. The van der Waals surface area contributed by atoms with Crippen LogP contribution in [0.4, 0.5) is 5.69 Å². The summed E-state index contributed by atoms with van der Waals surface area (Å²) in [6.07, 6.45) is 7.16. The molecule has 2 aromatic carbocycles. The van der Waals surface area contributed by atoms with Crippen LogP contribution in [0.5, 0.6) is 0 Å². The zero-order valence-corrected chi connectivity index (χ0v) is 20.9. The summed E-state index contributed by atoms with van der Waals surface area (Å²) >= 11 is 0. The van der Waals surface area contributed by atoms with Crippen molar-refractivity contribution < 1.29 is 9.59 Å². The molecule has 0 fully saturated rings. The van der Waals surface area contributed by atoms with E-state index < -0.39 is 0 Å². The van der Waals surface area contributed by atoms with E-state index in [1.54, 1.807) is 34.1 Å². The predicted molar refractivity (Wildman–Crippen MR) is 148 cm³/mol. The van der Waals surface area contributed by atoms with Gasteiger partial charge in [-0.1, -0.05) is 55.7 Å². The average Bonchev–Trinajstić information content (AvgIpc) is 3.32. The van der Waals surface area contributed by atoms with Crippen LogP contribution in [0.25, 0.3) is 11.8 Å². The number of nitrogens with zero attached hydrogens (tertiary/aromatic N) is 4. The maximum Gasteiger partial charge on any atom is 0.264 e. The van der Waals surface area contributed by atoms with Gasteiger partial charge in [-0.3, -0.25) is 19.4 Å². The largest absolute Gasteiger partial charge is 0.268 e. The van der Waals surface area contributed by atoms with Crippen LogP contribution in [-0.2, 0) is 0 Å². The highest BCUT2D eigenvalue weighted by molar-refractivity contribution is 6.40. The van der Waals surface area contributed by atoms with E-state index in [9.17, 15) is 9.59 Å². The van der Waals surface area contributed by atoms with Crippen LogP contribution in [0, 0.1) is 0 Å². The minimum absolute atomic E-state index is 0.200. The van der Waals surface area contributed by atoms with E-state index >= 15 is 0 Å². The molecule has 0 saturated heterocycles. The lowest BCUT2D eigenvalue weighted by Crippen LogP contribution is -2.34. The van der Waals surface area contributed by atoms with Gasteiger partial charge in [0.25, 0.3) is 11.8 Å². The van der Waals surface area contributed by atoms with Gasteiger partial charge in [0, 0.05) is 22.3 Å². The zero-order chi connectivity index (χ0) is 26.2. The average molecular weight is 485 g/mol. The van der Waals surface area contributed by atoms with Gasteiger partial charge < -0.3 is 0 Å². The van der Waals surface area contributed by atoms with Crippen molar-refractivity contribution in [3.63, 3.8) is 0 Å². The summed E-state index contributed by atoms with van der Waals surface area (Å²) in [6.45, 7) is 17.8. The van der Waals surface area contributed by atoms with E-state index in [0.29, 0.717) is 45.3 Å². The summed E-state index contributed by atoms with van der Waals surface area (Å²) in [5.41, 5.74) is 8.50. The summed E-state index contributed by atoms with van der Waals surface area (Å²) in [6, 6.07) is 9.22. The molecule has 0 bridgehead atoms. The lowest BCUT2D eigenvalue weighted by molar-refractivity contribution is 0.0888. The number of carbonyl (C=O) groups excluding carboxylic acids is 2. The molecule has 0 saturated carbocycles. The van der Waals surface area contributed by atoms with Gasteiger partial charge in [0.2, 0.25) is 0 Å². The summed E-state index contributed by atoms with van der Waals surface area (Å²) in [7, 11) is 0. The van der Waals surface area contributed by atoms with Crippen LogP contribution >= 0.6 is 0 Å². The summed E-state index contributed by atoms with van der Waals surface area (Å²) in [4.78, 5) is 40.4. The van der Waals surface area contributed by atoms with Gasteiger partial charge in [-0.25, -0.2) is 9.98 Å². The van der Waals surface area contributed by atoms with Crippen molar-refractivity contribution in [2.45, 2.75) is 20.8 Å². The first-order valence-electron chi connectivity index (χ1n) is 12.0.